The van der Waals surface area contributed by atoms with E-state index < -0.39 is 11.7 Å². The Kier molecular flexibility index (Phi) is 4.96. The Hall–Kier alpha value is -2.37. The molecule has 3 amide bonds. The minimum absolute atomic E-state index is 0.158. The van der Waals surface area contributed by atoms with Crippen LogP contribution in [0.3, 0.4) is 0 Å². The van der Waals surface area contributed by atoms with Crippen LogP contribution in [0.5, 0.6) is 0 Å². The van der Waals surface area contributed by atoms with Crippen molar-refractivity contribution in [1.82, 2.24) is 9.80 Å². The molecule has 1 fully saturated rings. The van der Waals surface area contributed by atoms with Crippen molar-refractivity contribution in [3.63, 3.8) is 0 Å². The minimum Gasteiger partial charge on any atom is -0.444 e. The van der Waals surface area contributed by atoms with E-state index in [9.17, 15) is 14.4 Å². The van der Waals surface area contributed by atoms with Crippen molar-refractivity contribution in [3.05, 3.63) is 36.5 Å². The van der Waals surface area contributed by atoms with Crippen LogP contribution in [-0.4, -0.2) is 52.4 Å². The summed E-state index contributed by atoms with van der Waals surface area (Å²) < 4.78 is 5.41. The van der Waals surface area contributed by atoms with Crippen molar-refractivity contribution in [2.45, 2.75) is 45.3 Å². The molecular weight excluding hydrogens is 308 g/mol. The van der Waals surface area contributed by atoms with Gasteiger partial charge in [-0.05, 0) is 33.6 Å². The summed E-state index contributed by atoms with van der Waals surface area (Å²) in [5.74, 6) is -0.776. The van der Waals surface area contributed by atoms with Gasteiger partial charge in [-0.3, -0.25) is 14.5 Å². The molecule has 1 saturated heterocycles. The molecule has 0 bridgehead atoms. The SMILES string of the molecule is C=CC1=C(C=C)C(=O)N(CC2CCCN2C(=O)OC(C)(C)C)C1=O. The lowest BCUT2D eigenvalue weighted by molar-refractivity contribution is -0.138. The van der Waals surface area contributed by atoms with E-state index in [1.54, 1.807) is 25.7 Å². The molecule has 1 atom stereocenters. The van der Waals surface area contributed by atoms with E-state index in [2.05, 4.69) is 13.2 Å². The van der Waals surface area contributed by atoms with Gasteiger partial charge in [0.1, 0.15) is 5.60 Å². The summed E-state index contributed by atoms with van der Waals surface area (Å²) in [5, 5.41) is 0. The first kappa shape index (κ1) is 18.0. The van der Waals surface area contributed by atoms with Crippen LogP contribution in [0.1, 0.15) is 33.6 Å². The molecule has 2 heterocycles. The summed E-state index contributed by atoms with van der Waals surface area (Å²) in [7, 11) is 0. The van der Waals surface area contributed by atoms with Gasteiger partial charge in [-0.1, -0.05) is 25.3 Å². The second-order valence-corrected chi connectivity index (χ2v) is 6.93. The average molecular weight is 332 g/mol. The zero-order valence-corrected chi connectivity index (χ0v) is 14.5. The Morgan fingerprint density at radius 3 is 2.21 bits per heavy atom. The number of hydrogen-bond acceptors (Lipinski definition) is 4. The quantitative estimate of drug-likeness (QED) is 0.742. The standard InChI is InChI=1S/C18H24N2O4/c1-6-13-14(7-2)16(22)20(15(13)21)11-12-9-8-10-19(12)17(23)24-18(3,4)5/h6-7,12H,1-2,8-11H2,3-5H3. The van der Waals surface area contributed by atoms with E-state index >= 15 is 0 Å². The molecule has 0 aliphatic carbocycles. The number of rotatable bonds is 4. The minimum atomic E-state index is -0.586. The van der Waals surface area contributed by atoms with Gasteiger partial charge in [-0.2, -0.15) is 0 Å². The molecule has 6 nitrogen and oxygen atoms in total. The van der Waals surface area contributed by atoms with E-state index in [-0.39, 0.29) is 35.5 Å². The molecule has 0 radical (unpaired) electrons. The zero-order valence-electron chi connectivity index (χ0n) is 14.5. The predicted octanol–water partition coefficient (Wildman–Crippen LogP) is 2.42. The highest BCUT2D eigenvalue weighted by Crippen LogP contribution is 2.27. The summed E-state index contributed by atoms with van der Waals surface area (Å²) in [5.41, 5.74) is -0.0643. The van der Waals surface area contributed by atoms with Gasteiger partial charge in [0.2, 0.25) is 0 Å². The second kappa shape index (κ2) is 6.63. The number of likely N-dealkylation sites (tertiary alicyclic amines) is 1. The van der Waals surface area contributed by atoms with E-state index in [1.807, 2.05) is 0 Å². The first-order chi connectivity index (χ1) is 11.2. The molecule has 2 rings (SSSR count). The van der Waals surface area contributed by atoms with Gasteiger partial charge < -0.3 is 9.64 Å². The number of nitrogens with zero attached hydrogens (tertiary/aromatic N) is 2. The highest BCUT2D eigenvalue weighted by molar-refractivity contribution is 6.21. The van der Waals surface area contributed by atoms with E-state index in [0.29, 0.717) is 6.54 Å². The molecule has 0 saturated carbocycles. The first-order valence-corrected chi connectivity index (χ1v) is 8.04. The predicted molar refractivity (Wildman–Crippen MR) is 90.1 cm³/mol. The van der Waals surface area contributed by atoms with Gasteiger partial charge in [0.25, 0.3) is 11.8 Å². The largest absolute Gasteiger partial charge is 0.444 e. The van der Waals surface area contributed by atoms with Gasteiger partial charge >= 0.3 is 6.09 Å². The maximum Gasteiger partial charge on any atom is 0.410 e. The third-order valence-electron chi connectivity index (χ3n) is 4.05. The fraction of sp³-hybridized carbons (Fsp3) is 0.500. The molecular formula is C18H24N2O4. The molecule has 0 aromatic carbocycles. The summed E-state index contributed by atoms with van der Waals surface area (Å²) >= 11 is 0. The number of amides is 3. The van der Waals surface area contributed by atoms with Crippen LogP contribution >= 0.6 is 0 Å². The van der Waals surface area contributed by atoms with Gasteiger partial charge in [0.05, 0.1) is 17.2 Å². The van der Waals surface area contributed by atoms with Crippen LogP contribution in [0.4, 0.5) is 4.79 Å². The molecule has 0 aromatic rings. The van der Waals surface area contributed by atoms with Crippen LogP contribution < -0.4 is 0 Å². The van der Waals surface area contributed by atoms with Gasteiger partial charge in [-0.15, -0.1) is 0 Å². The van der Waals surface area contributed by atoms with Crippen molar-refractivity contribution >= 4 is 17.9 Å². The molecule has 0 spiro atoms. The van der Waals surface area contributed by atoms with Gasteiger partial charge in [-0.25, -0.2) is 4.79 Å². The van der Waals surface area contributed by atoms with Gasteiger partial charge in [0.15, 0.2) is 0 Å². The molecule has 24 heavy (non-hydrogen) atoms. The number of hydrogen-bond donors (Lipinski definition) is 0. The van der Waals surface area contributed by atoms with E-state index in [0.717, 1.165) is 12.8 Å². The lowest BCUT2D eigenvalue weighted by Gasteiger charge is -2.30. The van der Waals surface area contributed by atoms with Crippen molar-refractivity contribution in [2.75, 3.05) is 13.1 Å². The monoisotopic (exact) mass is 332 g/mol. The Labute approximate surface area is 142 Å². The highest BCUT2D eigenvalue weighted by Gasteiger charge is 2.40. The topological polar surface area (TPSA) is 66.9 Å². The van der Waals surface area contributed by atoms with Crippen LogP contribution in [0.25, 0.3) is 0 Å². The van der Waals surface area contributed by atoms with Gasteiger partial charge in [0, 0.05) is 13.1 Å². The number of carbonyl (C=O) groups is 3. The van der Waals surface area contributed by atoms with Crippen molar-refractivity contribution in [2.24, 2.45) is 0 Å². The number of imide groups is 1. The van der Waals surface area contributed by atoms with Crippen LogP contribution in [0.15, 0.2) is 36.5 Å². The molecule has 2 aliphatic rings. The Balaban J connectivity index is 2.12. The summed E-state index contributed by atoms with van der Waals surface area (Å²) in [6.45, 7) is 13.3. The van der Waals surface area contributed by atoms with Crippen LogP contribution in [0.2, 0.25) is 0 Å². The number of carbonyl (C=O) groups excluding carboxylic acids is 3. The Bertz CT molecular complexity index is 597. The highest BCUT2D eigenvalue weighted by atomic mass is 16.6. The molecule has 6 heteroatoms. The smallest absolute Gasteiger partial charge is 0.410 e. The molecule has 0 N–H and O–H groups in total. The van der Waals surface area contributed by atoms with Crippen LogP contribution in [-0.2, 0) is 14.3 Å². The normalized spacial score (nSPS) is 21.5. The lowest BCUT2D eigenvalue weighted by atomic mass is 10.1. The lowest BCUT2D eigenvalue weighted by Crippen LogP contribution is -2.47. The molecule has 0 aromatic heterocycles. The molecule has 2 aliphatic heterocycles. The maximum absolute atomic E-state index is 12.4. The third kappa shape index (κ3) is 3.42. The van der Waals surface area contributed by atoms with Crippen molar-refractivity contribution < 1.29 is 19.1 Å². The first-order valence-electron chi connectivity index (χ1n) is 8.04. The summed E-state index contributed by atoms with van der Waals surface area (Å²) in [6, 6.07) is -0.233. The third-order valence-corrected chi connectivity index (χ3v) is 4.05. The fourth-order valence-electron chi connectivity index (χ4n) is 2.97. The Morgan fingerprint density at radius 1 is 1.21 bits per heavy atom. The average Bonchev–Trinajstić information content (AvgIpc) is 3.03. The summed E-state index contributed by atoms with van der Waals surface area (Å²) in [4.78, 5) is 39.9. The second-order valence-electron chi connectivity index (χ2n) is 6.93. The fourth-order valence-corrected chi connectivity index (χ4v) is 2.97. The van der Waals surface area contributed by atoms with Crippen molar-refractivity contribution in [3.8, 4) is 0 Å². The molecule has 1 unspecified atom stereocenters. The summed E-state index contributed by atoms with van der Waals surface area (Å²) in [6.07, 6.45) is 3.87. The Morgan fingerprint density at radius 2 is 1.75 bits per heavy atom. The maximum atomic E-state index is 12.4. The number of ether oxygens (including phenoxy) is 1. The van der Waals surface area contributed by atoms with E-state index in [1.165, 1.54) is 17.1 Å². The van der Waals surface area contributed by atoms with E-state index in [4.69, 9.17) is 4.74 Å². The zero-order chi connectivity index (χ0) is 18.1. The van der Waals surface area contributed by atoms with Crippen molar-refractivity contribution in [1.29, 1.82) is 0 Å². The van der Waals surface area contributed by atoms with Crippen LogP contribution in [0, 0.1) is 0 Å². The molecule has 130 valence electrons.